The van der Waals surface area contributed by atoms with Crippen LogP contribution >= 0.6 is 0 Å². The highest BCUT2D eigenvalue weighted by atomic mass is 32.2. The van der Waals surface area contributed by atoms with Crippen LogP contribution in [0.5, 0.6) is 0 Å². The van der Waals surface area contributed by atoms with Gasteiger partial charge < -0.3 is 15.0 Å². The summed E-state index contributed by atoms with van der Waals surface area (Å²) in [4.78, 5) is 22.0. The number of hydrogen-bond donors (Lipinski definition) is 2. The van der Waals surface area contributed by atoms with Crippen LogP contribution in [0.25, 0.3) is 21.9 Å². The van der Waals surface area contributed by atoms with Crippen LogP contribution in [-0.2, 0) is 32.4 Å². The van der Waals surface area contributed by atoms with Gasteiger partial charge in [-0.05, 0) is 62.1 Å². The number of nitrogens with zero attached hydrogens (tertiary/aromatic N) is 4. The monoisotopic (exact) mass is 596 g/mol. The fraction of sp³-hybridized carbons (Fsp3) is 0.250. The zero-order valence-electron chi connectivity index (χ0n) is 23.7. The van der Waals surface area contributed by atoms with Crippen molar-refractivity contribution >= 4 is 49.5 Å². The van der Waals surface area contributed by atoms with E-state index >= 15 is 0 Å². The van der Waals surface area contributed by atoms with E-state index in [1.807, 2.05) is 30.3 Å². The highest BCUT2D eigenvalue weighted by Crippen LogP contribution is 2.40. The second-order valence-electron chi connectivity index (χ2n) is 10.6. The van der Waals surface area contributed by atoms with Crippen LogP contribution in [0.15, 0.2) is 83.9 Å². The van der Waals surface area contributed by atoms with Gasteiger partial charge in [-0.1, -0.05) is 42.5 Å². The molecule has 1 saturated carbocycles. The normalized spacial score (nSPS) is 13.3. The smallest absolute Gasteiger partial charge is 0.326 e. The third kappa shape index (κ3) is 5.68. The SMILES string of the molecule is CCOC(=O)CN(c1ccc2c(c1)nc(CCc1ccc(C(=N)N)cc1)n2C1CC1)S(=O)(=O)c1cccc2cccnc12. The maximum absolute atomic E-state index is 14.2. The molecule has 1 fully saturated rings. The number of nitrogen functional groups attached to an aromatic ring is 1. The van der Waals surface area contributed by atoms with Gasteiger partial charge in [-0.15, -0.1) is 0 Å². The van der Waals surface area contributed by atoms with Crippen molar-refractivity contribution < 1.29 is 17.9 Å². The number of nitrogens with one attached hydrogen (secondary N) is 1. The number of rotatable bonds is 11. The van der Waals surface area contributed by atoms with Crippen LogP contribution in [0.3, 0.4) is 0 Å². The Morgan fingerprint density at radius 3 is 2.56 bits per heavy atom. The second kappa shape index (κ2) is 11.5. The van der Waals surface area contributed by atoms with Crippen molar-refractivity contribution in [2.75, 3.05) is 17.5 Å². The number of aryl methyl sites for hydroxylation is 2. The Kier molecular flexibility index (Phi) is 7.57. The quantitative estimate of drug-likeness (QED) is 0.127. The van der Waals surface area contributed by atoms with Crippen molar-refractivity contribution in [3.8, 4) is 0 Å². The number of pyridine rings is 1. The molecule has 10 nitrogen and oxygen atoms in total. The van der Waals surface area contributed by atoms with Crippen LogP contribution in [-0.4, -0.2) is 47.9 Å². The molecule has 220 valence electrons. The summed E-state index contributed by atoms with van der Waals surface area (Å²) in [7, 11) is -4.21. The lowest BCUT2D eigenvalue weighted by Gasteiger charge is -2.24. The highest BCUT2D eigenvalue weighted by Gasteiger charge is 2.32. The van der Waals surface area contributed by atoms with E-state index in [-0.39, 0.29) is 17.3 Å². The first-order valence-electron chi connectivity index (χ1n) is 14.2. The second-order valence-corrected chi connectivity index (χ2v) is 12.4. The predicted molar refractivity (Wildman–Crippen MR) is 166 cm³/mol. The summed E-state index contributed by atoms with van der Waals surface area (Å²) in [6.45, 7) is 1.33. The minimum Gasteiger partial charge on any atom is -0.465 e. The van der Waals surface area contributed by atoms with Crippen LogP contribution in [0.2, 0.25) is 0 Å². The molecule has 0 atom stereocenters. The van der Waals surface area contributed by atoms with Gasteiger partial charge in [0.1, 0.15) is 23.1 Å². The molecule has 3 N–H and O–H groups in total. The number of fused-ring (bicyclic) bond motifs is 2. The third-order valence-electron chi connectivity index (χ3n) is 7.59. The van der Waals surface area contributed by atoms with Gasteiger partial charge in [0, 0.05) is 29.6 Å². The molecule has 6 rings (SSSR count). The minimum absolute atomic E-state index is 0.00925. The first-order valence-corrected chi connectivity index (χ1v) is 15.7. The fourth-order valence-electron chi connectivity index (χ4n) is 5.36. The van der Waals surface area contributed by atoms with E-state index in [1.165, 1.54) is 6.07 Å². The number of amidine groups is 1. The number of para-hydroxylation sites is 1. The van der Waals surface area contributed by atoms with Crippen molar-refractivity contribution in [2.45, 2.75) is 43.5 Å². The molecule has 2 heterocycles. The van der Waals surface area contributed by atoms with E-state index in [0.717, 1.165) is 40.5 Å². The molecule has 2 aromatic heterocycles. The van der Waals surface area contributed by atoms with E-state index in [2.05, 4.69) is 9.55 Å². The first kappa shape index (κ1) is 28.4. The molecule has 1 aliphatic rings. The Labute approximate surface area is 249 Å². The van der Waals surface area contributed by atoms with Gasteiger partial charge in [-0.2, -0.15) is 0 Å². The molecule has 0 bridgehead atoms. The van der Waals surface area contributed by atoms with E-state index < -0.39 is 22.5 Å². The first-order chi connectivity index (χ1) is 20.8. The molecule has 0 unspecified atom stereocenters. The number of aromatic nitrogens is 3. The number of esters is 1. The Balaban J connectivity index is 1.38. The molecule has 0 spiro atoms. The number of benzene rings is 3. The molecule has 3 aromatic carbocycles. The lowest BCUT2D eigenvalue weighted by atomic mass is 10.1. The summed E-state index contributed by atoms with van der Waals surface area (Å²) in [5.74, 6) is 0.302. The lowest BCUT2D eigenvalue weighted by Crippen LogP contribution is -2.36. The third-order valence-corrected chi connectivity index (χ3v) is 9.40. The number of imidazole rings is 1. The van der Waals surface area contributed by atoms with Gasteiger partial charge >= 0.3 is 5.97 Å². The van der Waals surface area contributed by atoms with E-state index in [9.17, 15) is 13.2 Å². The average Bonchev–Trinajstić information content (AvgIpc) is 3.78. The van der Waals surface area contributed by atoms with Crippen LogP contribution in [0.4, 0.5) is 5.69 Å². The molecule has 1 aliphatic carbocycles. The highest BCUT2D eigenvalue weighted by molar-refractivity contribution is 7.93. The number of nitrogens with two attached hydrogens (primary N) is 1. The summed E-state index contributed by atoms with van der Waals surface area (Å²) < 4.78 is 36.8. The Bertz CT molecular complexity index is 1940. The summed E-state index contributed by atoms with van der Waals surface area (Å²) in [5.41, 5.74) is 9.61. The predicted octanol–water partition coefficient (Wildman–Crippen LogP) is 4.75. The van der Waals surface area contributed by atoms with Crippen molar-refractivity contribution in [3.63, 3.8) is 0 Å². The molecule has 11 heteroatoms. The van der Waals surface area contributed by atoms with Crippen molar-refractivity contribution in [2.24, 2.45) is 5.73 Å². The number of anilines is 1. The van der Waals surface area contributed by atoms with Gasteiger partial charge in [0.15, 0.2) is 0 Å². The molecule has 0 saturated heterocycles. The molecule has 0 radical (unpaired) electrons. The maximum atomic E-state index is 14.2. The Hall–Kier alpha value is -4.77. The summed E-state index contributed by atoms with van der Waals surface area (Å²) in [6.07, 6.45) is 5.10. The summed E-state index contributed by atoms with van der Waals surface area (Å²) >= 11 is 0. The minimum atomic E-state index is -4.21. The Morgan fingerprint density at radius 2 is 1.84 bits per heavy atom. The van der Waals surface area contributed by atoms with Gasteiger partial charge in [0.25, 0.3) is 10.0 Å². The van der Waals surface area contributed by atoms with Crippen molar-refractivity contribution in [1.29, 1.82) is 5.41 Å². The van der Waals surface area contributed by atoms with Crippen molar-refractivity contribution in [3.05, 3.63) is 95.9 Å². The van der Waals surface area contributed by atoms with E-state index in [4.69, 9.17) is 20.9 Å². The number of carbonyl (C=O) groups is 1. The molecule has 0 amide bonds. The van der Waals surface area contributed by atoms with Crippen LogP contribution in [0.1, 0.15) is 42.8 Å². The fourth-order valence-corrected chi connectivity index (χ4v) is 6.93. The molecular weight excluding hydrogens is 564 g/mol. The molecular formula is C32H32N6O4S. The standard InChI is InChI=1S/C32H32N6O4S/c1-2-42-30(39)20-37(43(40,41)28-7-3-5-22-6-4-18-35-31(22)28)25-15-16-27-26(19-25)36-29(38(27)24-13-14-24)17-10-21-8-11-23(12-9-21)32(33)34/h3-9,11-12,15-16,18-19,24H,2,10,13-14,17,20H2,1H3,(H3,33,34). The van der Waals surface area contributed by atoms with Crippen LogP contribution < -0.4 is 10.0 Å². The van der Waals surface area contributed by atoms with Gasteiger partial charge in [0.2, 0.25) is 0 Å². The zero-order chi connectivity index (χ0) is 30.1. The summed E-state index contributed by atoms with van der Waals surface area (Å²) in [5, 5.41) is 8.29. The lowest BCUT2D eigenvalue weighted by molar-refractivity contribution is -0.141. The number of hydrogen-bond acceptors (Lipinski definition) is 7. The van der Waals surface area contributed by atoms with E-state index in [0.29, 0.717) is 40.1 Å². The zero-order valence-corrected chi connectivity index (χ0v) is 24.5. The topological polar surface area (TPSA) is 144 Å². The number of carbonyl (C=O) groups excluding carboxylic acids is 1. The van der Waals surface area contributed by atoms with E-state index in [1.54, 1.807) is 49.5 Å². The average molecular weight is 597 g/mol. The number of ether oxygens (including phenoxy) is 1. The van der Waals surface area contributed by atoms with Gasteiger partial charge in [-0.3, -0.25) is 19.5 Å². The van der Waals surface area contributed by atoms with Gasteiger partial charge in [0.05, 0.1) is 28.8 Å². The maximum Gasteiger partial charge on any atom is 0.326 e. The van der Waals surface area contributed by atoms with Crippen LogP contribution in [0, 0.1) is 5.41 Å². The Morgan fingerprint density at radius 1 is 1.07 bits per heavy atom. The summed E-state index contributed by atoms with van der Waals surface area (Å²) in [6, 6.07) is 21.8. The number of sulfonamides is 1. The van der Waals surface area contributed by atoms with Gasteiger partial charge in [-0.25, -0.2) is 13.4 Å². The largest absolute Gasteiger partial charge is 0.465 e. The molecule has 0 aliphatic heterocycles. The van der Waals surface area contributed by atoms with Crippen molar-refractivity contribution in [1.82, 2.24) is 14.5 Å². The molecule has 5 aromatic rings. The molecule has 43 heavy (non-hydrogen) atoms.